The van der Waals surface area contributed by atoms with Crippen molar-refractivity contribution in [2.45, 2.75) is 19.4 Å². The summed E-state index contributed by atoms with van der Waals surface area (Å²) in [6, 6.07) is 4.65. The summed E-state index contributed by atoms with van der Waals surface area (Å²) in [4.78, 5) is 22.2. The molecule has 1 aromatic carbocycles. The molecule has 0 saturated heterocycles. The predicted molar refractivity (Wildman–Crippen MR) is 72.9 cm³/mol. The molecule has 0 radical (unpaired) electrons. The van der Waals surface area contributed by atoms with Crippen LogP contribution in [0.2, 0.25) is 0 Å². The van der Waals surface area contributed by atoms with Gasteiger partial charge in [-0.05, 0) is 30.7 Å². The highest BCUT2D eigenvalue weighted by Crippen LogP contribution is 2.15. The first-order chi connectivity index (χ1) is 9.56. The Bertz CT molecular complexity index is 447. The van der Waals surface area contributed by atoms with Crippen LogP contribution < -0.4 is 15.4 Å². The number of urea groups is 1. The summed E-state index contributed by atoms with van der Waals surface area (Å²) in [5, 5.41) is 22.1. The van der Waals surface area contributed by atoms with Gasteiger partial charge in [0.25, 0.3) is 0 Å². The number of aliphatic hydroxyl groups excluding tert-OH is 1. The zero-order valence-corrected chi connectivity index (χ0v) is 11.1. The molecule has 20 heavy (non-hydrogen) atoms. The van der Waals surface area contributed by atoms with Gasteiger partial charge in [-0.3, -0.25) is 0 Å². The van der Waals surface area contributed by atoms with Gasteiger partial charge in [-0.2, -0.15) is 0 Å². The summed E-state index contributed by atoms with van der Waals surface area (Å²) in [5.74, 6) is -0.609. The van der Waals surface area contributed by atoms with E-state index in [4.69, 9.17) is 14.9 Å². The van der Waals surface area contributed by atoms with Crippen molar-refractivity contribution in [3.05, 3.63) is 24.3 Å². The van der Waals surface area contributed by atoms with Crippen molar-refractivity contribution in [3.63, 3.8) is 0 Å². The smallest absolute Gasteiger partial charge is 0.328 e. The first-order valence-corrected chi connectivity index (χ1v) is 6.20. The van der Waals surface area contributed by atoms with Gasteiger partial charge in [0.15, 0.2) is 6.04 Å². The van der Waals surface area contributed by atoms with Crippen molar-refractivity contribution >= 4 is 17.7 Å². The monoisotopic (exact) mass is 282 g/mol. The molecule has 0 fully saturated rings. The van der Waals surface area contributed by atoms with Crippen LogP contribution in [-0.2, 0) is 4.79 Å². The van der Waals surface area contributed by atoms with Crippen molar-refractivity contribution in [2.75, 3.05) is 18.5 Å². The summed E-state index contributed by atoms with van der Waals surface area (Å²) in [5.41, 5.74) is 0.494. The van der Waals surface area contributed by atoms with Crippen molar-refractivity contribution in [1.29, 1.82) is 0 Å². The molecule has 0 spiro atoms. The number of aliphatic carboxylic acids is 1. The van der Waals surface area contributed by atoms with Crippen molar-refractivity contribution < 1.29 is 24.5 Å². The van der Waals surface area contributed by atoms with Gasteiger partial charge in [-0.1, -0.05) is 6.92 Å². The van der Waals surface area contributed by atoms with E-state index in [1.165, 1.54) is 0 Å². The zero-order chi connectivity index (χ0) is 15.0. The van der Waals surface area contributed by atoms with Crippen LogP contribution in [0.4, 0.5) is 10.5 Å². The van der Waals surface area contributed by atoms with Gasteiger partial charge in [-0.15, -0.1) is 0 Å². The molecule has 0 unspecified atom stereocenters. The van der Waals surface area contributed by atoms with Gasteiger partial charge in [0.1, 0.15) is 5.75 Å². The largest absolute Gasteiger partial charge is 0.494 e. The van der Waals surface area contributed by atoms with Gasteiger partial charge in [0.05, 0.1) is 13.2 Å². The van der Waals surface area contributed by atoms with Crippen LogP contribution in [0.3, 0.4) is 0 Å². The van der Waals surface area contributed by atoms with Gasteiger partial charge in [-0.25, -0.2) is 9.59 Å². The maximum absolute atomic E-state index is 11.5. The Morgan fingerprint density at radius 1 is 1.30 bits per heavy atom. The molecule has 0 aliphatic heterocycles. The molecule has 0 bridgehead atoms. The van der Waals surface area contributed by atoms with E-state index >= 15 is 0 Å². The lowest BCUT2D eigenvalue weighted by molar-refractivity contribution is -0.140. The fourth-order valence-corrected chi connectivity index (χ4v) is 1.37. The van der Waals surface area contributed by atoms with E-state index in [1.807, 2.05) is 6.92 Å². The van der Waals surface area contributed by atoms with Crippen molar-refractivity contribution in [1.82, 2.24) is 5.32 Å². The second kappa shape index (κ2) is 8.00. The van der Waals surface area contributed by atoms with Gasteiger partial charge in [0, 0.05) is 5.69 Å². The highest BCUT2D eigenvalue weighted by molar-refractivity contribution is 5.92. The molecule has 0 aromatic heterocycles. The first-order valence-electron chi connectivity index (χ1n) is 6.20. The summed E-state index contributed by atoms with van der Waals surface area (Å²) >= 11 is 0. The quantitative estimate of drug-likeness (QED) is 0.597. The third-order valence-electron chi connectivity index (χ3n) is 2.37. The summed E-state index contributed by atoms with van der Waals surface area (Å²) < 4.78 is 5.39. The van der Waals surface area contributed by atoms with E-state index in [0.29, 0.717) is 18.0 Å². The lowest BCUT2D eigenvalue weighted by atomic mass is 10.3. The highest BCUT2D eigenvalue weighted by Gasteiger charge is 2.18. The van der Waals surface area contributed by atoms with E-state index in [-0.39, 0.29) is 0 Å². The maximum Gasteiger partial charge on any atom is 0.328 e. The maximum atomic E-state index is 11.5. The minimum absolute atomic E-state index is 0.494. The van der Waals surface area contributed by atoms with E-state index < -0.39 is 24.6 Å². The number of hydrogen-bond donors (Lipinski definition) is 4. The predicted octanol–water partition coefficient (Wildman–Crippen LogP) is 1.04. The lowest BCUT2D eigenvalue weighted by Crippen LogP contribution is -2.45. The molecule has 110 valence electrons. The Kier molecular flexibility index (Phi) is 6.31. The molecule has 1 aromatic rings. The molecule has 1 atom stereocenters. The summed E-state index contributed by atoms with van der Waals surface area (Å²) in [7, 11) is 0. The minimum Gasteiger partial charge on any atom is -0.494 e. The third kappa shape index (κ3) is 5.15. The Labute approximate surface area is 116 Å². The van der Waals surface area contributed by atoms with Crippen LogP contribution in [0.1, 0.15) is 13.3 Å². The molecule has 4 N–H and O–H groups in total. The summed E-state index contributed by atoms with van der Waals surface area (Å²) in [6.07, 6.45) is 0.903. The van der Waals surface area contributed by atoms with E-state index in [9.17, 15) is 9.59 Å². The molecule has 0 aliphatic carbocycles. The number of carboxylic acid groups (broad SMARTS) is 1. The van der Waals surface area contributed by atoms with Gasteiger partial charge >= 0.3 is 12.0 Å². The fourth-order valence-electron chi connectivity index (χ4n) is 1.37. The van der Waals surface area contributed by atoms with Crippen molar-refractivity contribution in [2.24, 2.45) is 0 Å². The Hall–Kier alpha value is -2.28. The highest BCUT2D eigenvalue weighted by atomic mass is 16.5. The van der Waals surface area contributed by atoms with Crippen LogP contribution in [0.15, 0.2) is 24.3 Å². The average Bonchev–Trinajstić information content (AvgIpc) is 2.43. The number of hydrogen-bond acceptors (Lipinski definition) is 4. The molecule has 0 saturated carbocycles. The van der Waals surface area contributed by atoms with Crippen molar-refractivity contribution in [3.8, 4) is 5.75 Å². The number of amides is 2. The number of nitrogens with one attached hydrogen (secondary N) is 2. The summed E-state index contributed by atoms with van der Waals surface area (Å²) in [6.45, 7) is 1.94. The topological polar surface area (TPSA) is 108 Å². The number of carbonyl (C=O) groups is 2. The lowest BCUT2D eigenvalue weighted by Gasteiger charge is -2.13. The van der Waals surface area contributed by atoms with Crippen LogP contribution in [-0.4, -0.2) is 41.5 Å². The molecule has 2 amide bonds. The average molecular weight is 282 g/mol. The number of carboxylic acids is 1. The van der Waals surface area contributed by atoms with E-state index in [0.717, 1.165) is 6.42 Å². The molecule has 7 nitrogen and oxygen atoms in total. The van der Waals surface area contributed by atoms with Gasteiger partial charge in [0.2, 0.25) is 0 Å². The molecule has 0 aliphatic rings. The number of carbonyl (C=O) groups excluding carboxylic acids is 1. The molecular weight excluding hydrogens is 264 g/mol. The van der Waals surface area contributed by atoms with Crippen LogP contribution >= 0.6 is 0 Å². The number of rotatable bonds is 7. The molecule has 7 heteroatoms. The third-order valence-corrected chi connectivity index (χ3v) is 2.37. The Morgan fingerprint density at radius 2 is 1.95 bits per heavy atom. The van der Waals surface area contributed by atoms with Crippen LogP contribution in [0.5, 0.6) is 5.75 Å². The SMILES string of the molecule is CCCOc1ccc(NC(=O)N[C@@H](CO)C(=O)O)cc1. The normalized spacial score (nSPS) is 11.5. The number of anilines is 1. The second-order valence-corrected chi connectivity index (χ2v) is 4.04. The molecular formula is C13H18N2O5. The number of benzene rings is 1. The first kappa shape index (κ1) is 15.8. The van der Waals surface area contributed by atoms with Gasteiger partial charge < -0.3 is 25.6 Å². The van der Waals surface area contributed by atoms with Crippen LogP contribution in [0.25, 0.3) is 0 Å². The fraction of sp³-hybridized carbons (Fsp3) is 0.385. The second-order valence-electron chi connectivity index (χ2n) is 4.04. The number of ether oxygens (including phenoxy) is 1. The Balaban J connectivity index is 2.51. The standard InChI is InChI=1S/C13H18N2O5/c1-2-7-20-10-5-3-9(4-6-10)14-13(19)15-11(8-16)12(17)18/h3-6,11,16H,2,7-8H2,1H3,(H,17,18)(H2,14,15,19)/t11-/m0/s1. The minimum atomic E-state index is -1.33. The molecule has 1 rings (SSSR count). The van der Waals surface area contributed by atoms with Crippen LogP contribution in [0, 0.1) is 0 Å². The number of aliphatic hydroxyl groups is 1. The van der Waals surface area contributed by atoms with E-state index in [1.54, 1.807) is 24.3 Å². The Morgan fingerprint density at radius 3 is 2.45 bits per heavy atom. The van der Waals surface area contributed by atoms with E-state index in [2.05, 4.69) is 10.6 Å². The zero-order valence-electron chi connectivity index (χ0n) is 11.1. The molecule has 0 heterocycles.